The van der Waals surface area contributed by atoms with Gasteiger partial charge >= 0.3 is 0 Å². The van der Waals surface area contributed by atoms with Gasteiger partial charge in [-0.25, -0.2) is 0 Å². The van der Waals surface area contributed by atoms with E-state index in [-0.39, 0.29) is 44.2 Å². The molecule has 1 aromatic rings. The fourth-order valence-corrected chi connectivity index (χ4v) is 5.81. The summed E-state index contributed by atoms with van der Waals surface area (Å²) < 4.78 is 0. The van der Waals surface area contributed by atoms with Crippen molar-refractivity contribution < 1.29 is 37.5 Å². The van der Waals surface area contributed by atoms with Crippen LogP contribution in [0.3, 0.4) is 0 Å². The standard InChI is InChI=1S/C27H42N7O.C4H8.Y/c1-20-15-21(17-32-11-7-26(2,3)8-12-32)5-6-22(20)34-18-25(35)31-27(19-34)9-13-33(14-10-27)24(29)16-23(28)30-4;1-2-4-3-1;/h6,15-16H,7-14,17-19,29H2,1-4H3,(H2,28,30)(H,31,35);1-4H2;/q-1;;/b24-16+;;. The van der Waals surface area contributed by atoms with Crippen LogP contribution in [-0.4, -0.2) is 73.4 Å². The number of rotatable bonds is 5. The Hall–Kier alpha value is -1.64. The van der Waals surface area contributed by atoms with E-state index < -0.39 is 0 Å². The zero-order valence-corrected chi connectivity index (χ0v) is 28.1. The van der Waals surface area contributed by atoms with Crippen LogP contribution in [0.5, 0.6) is 0 Å². The van der Waals surface area contributed by atoms with Crippen LogP contribution in [0.15, 0.2) is 29.0 Å². The number of likely N-dealkylation sites (tertiary alicyclic amines) is 2. The summed E-state index contributed by atoms with van der Waals surface area (Å²) in [6, 6.07) is 7.87. The minimum Gasteiger partial charge on any atom is -0.413 e. The van der Waals surface area contributed by atoms with Crippen molar-refractivity contribution in [3.05, 3.63) is 41.2 Å². The van der Waals surface area contributed by atoms with Crippen LogP contribution in [0.2, 0.25) is 0 Å². The van der Waals surface area contributed by atoms with Crippen molar-refractivity contribution in [2.45, 2.75) is 84.2 Å². The number of amidine groups is 1. The van der Waals surface area contributed by atoms with Gasteiger partial charge in [-0.05, 0) is 44.2 Å². The predicted octanol–water partition coefficient (Wildman–Crippen LogP) is 3.53. The van der Waals surface area contributed by atoms with Crippen molar-refractivity contribution in [1.82, 2.24) is 15.1 Å². The van der Waals surface area contributed by atoms with Crippen LogP contribution in [-0.2, 0) is 44.0 Å². The molecular weight excluding hydrogens is 575 g/mol. The molecule has 1 aromatic carbocycles. The molecule has 40 heavy (non-hydrogen) atoms. The third kappa shape index (κ3) is 8.93. The SMILES string of the molecule is C1CCC1.CN=C(N)/C=C(\N)N1CCC2(CC1)CN(c1c[c-]c(CN3CCC(C)(C)CC3)cc1C)CC(=O)N2.[Y]. The summed E-state index contributed by atoms with van der Waals surface area (Å²) >= 11 is 0. The maximum atomic E-state index is 12.8. The number of nitrogens with zero attached hydrogens (tertiary/aromatic N) is 4. The fraction of sp³-hybridized carbons (Fsp3) is 0.677. The first-order chi connectivity index (χ1) is 18.6. The van der Waals surface area contributed by atoms with E-state index in [9.17, 15) is 4.79 Å². The summed E-state index contributed by atoms with van der Waals surface area (Å²) in [5.41, 5.74) is 15.8. The van der Waals surface area contributed by atoms with E-state index in [2.05, 4.69) is 64.0 Å². The van der Waals surface area contributed by atoms with E-state index >= 15 is 0 Å². The fourth-order valence-electron chi connectivity index (χ4n) is 5.81. The normalized spacial score (nSPS) is 22.9. The Morgan fingerprint density at radius 2 is 1.70 bits per heavy atom. The second-order valence-electron chi connectivity index (χ2n) is 12.8. The second kappa shape index (κ2) is 14.5. The molecule has 1 amide bonds. The quantitative estimate of drug-likeness (QED) is 0.263. The molecule has 0 aromatic heterocycles. The number of nitrogens with two attached hydrogens (primary N) is 2. The zero-order chi connectivity index (χ0) is 28.0. The summed E-state index contributed by atoms with van der Waals surface area (Å²) in [5, 5.41) is 3.30. The summed E-state index contributed by atoms with van der Waals surface area (Å²) in [5.74, 6) is 1.12. The number of hydrogen-bond donors (Lipinski definition) is 3. The van der Waals surface area contributed by atoms with E-state index in [1.165, 1.54) is 49.7 Å². The maximum Gasteiger partial charge on any atom is 0.239 e. The Balaban J connectivity index is 0.000000810. The molecule has 1 spiro atoms. The number of carbonyl (C=O) groups is 1. The second-order valence-corrected chi connectivity index (χ2v) is 12.8. The van der Waals surface area contributed by atoms with Gasteiger partial charge in [0, 0.05) is 72.0 Å². The number of carbonyl (C=O) groups excluding carboxylic acids is 1. The number of benzene rings is 1. The van der Waals surface area contributed by atoms with Crippen LogP contribution < -0.4 is 21.7 Å². The van der Waals surface area contributed by atoms with Gasteiger partial charge in [-0.15, -0.1) is 11.1 Å². The summed E-state index contributed by atoms with van der Waals surface area (Å²) in [4.78, 5) is 23.6. The predicted molar refractivity (Wildman–Crippen MR) is 160 cm³/mol. The third-order valence-electron chi connectivity index (χ3n) is 9.01. The van der Waals surface area contributed by atoms with E-state index in [0.29, 0.717) is 23.6 Å². The van der Waals surface area contributed by atoms with Gasteiger partial charge in [-0.2, -0.15) is 18.2 Å². The van der Waals surface area contributed by atoms with Gasteiger partial charge in [-0.3, -0.25) is 9.79 Å². The van der Waals surface area contributed by atoms with E-state index in [4.69, 9.17) is 11.5 Å². The van der Waals surface area contributed by atoms with Crippen LogP contribution in [0.1, 0.15) is 76.3 Å². The third-order valence-corrected chi connectivity index (χ3v) is 9.01. The number of piperazine rings is 1. The van der Waals surface area contributed by atoms with Crippen LogP contribution in [0.4, 0.5) is 5.69 Å². The molecule has 4 fully saturated rings. The maximum absolute atomic E-state index is 12.8. The molecule has 0 bridgehead atoms. The van der Waals surface area contributed by atoms with Gasteiger partial charge in [-0.1, -0.05) is 52.1 Å². The van der Waals surface area contributed by atoms with E-state index in [1.54, 1.807) is 13.1 Å². The summed E-state index contributed by atoms with van der Waals surface area (Å²) in [6.07, 6.45) is 11.9. The largest absolute Gasteiger partial charge is 0.413 e. The number of anilines is 1. The molecule has 0 atom stereocenters. The van der Waals surface area contributed by atoms with Gasteiger partial charge in [0.15, 0.2) is 0 Å². The number of amides is 1. The average molecular weight is 626 g/mol. The molecule has 8 nitrogen and oxygen atoms in total. The first kappa shape index (κ1) is 32.9. The van der Waals surface area contributed by atoms with Crippen LogP contribution >= 0.6 is 0 Å². The smallest absolute Gasteiger partial charge is 0.239 e. The zero-order valence-electron chi connectivity index (χ0n) is 25.3. The molecule has 5 rings (SSSR count). The first-order valence-corrected chi connectivity index (χ1v) is 14.8. The molecule has 4 aliphatic rings. The number of piperidine rings is 2. The van der Waals surface area contributed by atoms with Crippen LogP contribution in [0, 0.1) is 18.4 Å². The molecule has 9 heteroatoms. The van der Waals surface area contributed by atoms with Gasteiger partial charge < -0.3 is 31.5 Å². The van der Waals surface area contributed by atoms with Crippen molar-refractivity contribution in [2.24, 2.45) is 21.9 Å². The number of hydrogen-bond acceptors (Lipinski definition) is 6. The molecule has 1 radical (unpaired) electrons. The van der Waals surface area contributed by atoms with Gasteiger partial charge in [0.25, 0.3) is 0 Å². The summed E-state index contributed by atoms with van der Waals surface area (Å²) in [6.45, 7) is 12.8. The number of aliphatic imine (C=N–C) groups is 1. The Bertz CT molecular complexity index is 1040. The Labute approximate surface area is 267 Å². The molecule has 0 unspecified atom stereocenters. The molecule has 5 N–H and O–H groups in total. The van der Waals surface area contributed by atoms with Crippen molar-refractivity contribution in [1.29, 1.82) is 0 Å². The first-order valence-electron chi connectivity index (χ1n) is 14.8. The Morgan fingerprint density at radius 1 is 1.07 bits per heavy atom. The summed E-state index contributed by atoms with van der Waals surface area (Å²) in [7, 11) is 1.65. The van der Waals surface area contributed by atoms with Crippen molar-refractivity contribution in [3.8, 4) is 0 Å². The molecule has 3 aliphatic heterocycles. The minimum absolute atomic E-state index is 0. The topological polar surface area (TPSA) is 103 Å². The van der Waals surface area contributed by atoms with Crippen LogP contribution in [0.25, 0.3) is 0 Å². The molecule has 1 saturated carbocycles. The van der Waals surface area contributed by atoms with Crippen molar-refractivity contribution in [2.75, 3.05) is 51.2 Å². The Morgan fingerprint density at radius 3 is 2.25 bits per heavy atom. The molecule has 3 saturated heterocycles. The van der Waals surface area contributed by atoms with Crippen molar-refractivity contribution >= 4 is 17.4 Å². The van der Waals surface area contributed by atoms with Gasteiger partial charge in [0.05, 0.1) is 12.1 Å². The van der Waals surface area contributed by atoms with Gasteiger partial charge in [0.2, 0.25) is 5.91 Å². The molecule has 3 heterocycles. The van der Waals surface area contributed by atoms with E-state index in [1.807, 2.05) is 0 Å². The molecule has 1 aliphatic carbocycles. The Kier molecular flexibility index (Phi) is 11.9. The molecule has 219 valence electrons. The number of nitrogens with one attached hydrogen (secondary N) is 1. The number of aryl methyl sites for hydroxylation is 1. The van der Waals surface area contributed by atoms with Gasteiger partial charge in [0.1, 0.15) is 11.7 Å². The van der Waals surface area contributed by atoms with Crippen molar-refractivity contribution in [3.63, 3.8) is 0 Å². The minimum atomic E-state index is -0.248. The molecular formula is C31H50N7OY-. The average Bonchev–Trinajstić information content (AvgIpc) is 2.84. The monoisotopic (exact) mass is 625 g/mol. The van der Waals surface area contributed by atoms with E-state index in [0.717, 1.165) is 57.8 Å².